The van der Waals surface area contributed by atoms with Gasteiger partial charge < -0.3 is 5.11 Å². The maximum absolute atomic E-state index is 10.4. The van der Waals surface area contributed by atoms with Gasteiger partial charge in [0.15, 0.2) is 0 Å². The number of rotatable bonds is 3. The summed E-state index contributed by atoms with van der Waals surface area (Å²) in [4.78, 5) is 0. The van der Waals surface area contributed by atoms with Crippen molar-refractivity contribution in [3.63, 3.8) is 0 Å². The molecular weight excluding hydrogens is 212 g/mol. The van der Waals surface area contributed by atoms with Crippen molar-refractivity contribution in [3.05, 3.63) is 52.8 Å². The first-order valence-corrected chi connectivity index (χ1v) is 5.89. The summed E-state index contributed by atoms with van der Waals surface area (Å²) in [5, 5.41) is 14.7. The van der Waals surface area contributed by atoms with Crippen LogP contribution in [0, 0.1) is 6.92 Å². The largest absolute Gasteiger partial charge is 0.384 e. The first-order chi connectivity index (χ1) is 8.11. The second kappa shape index (κ2) is 4.72. The van der Waals surface area contributed by atoms with Gasteiger partial charge in [0.1, 0.15) is 6.10 Å². The number of aliphatic hydroxyl groups is 1. The van der Waals surface area contributed by atoms with E-state index < -0.39 is 6.10 Å². The van der Waals surface area contributed by atoms with Crippen LogP contribution >= 0.6 is 0 Å². The van der Waals surface area contributed by atoms with E-state index in [4.69, 9.17) is 0 Å². The average Bonchev–Trinajstić information content (AvgIpc) is 2.70. The van der Waals surface area contributed by atoms with Crippen molar-refractivity contribution < 1.29 is 5.11 Å². The van der Waals surface area contributed by atoms with E-state index in [9.17, 15) is 5.11 Å². The van der Waals surface area contributed by atoms with E-state index in [2.05, 4.69) is 5.10 Å². The minimum Gasteiger partial charge on any atom is -0.384 e. The van der Waals surface area contributed by atoms with Crippen LogP contribution in [0.2, 0.25) is 0 Å². The molecule has 0 spiro atoms. The summed E-state index contributed by atoms with van der Waals surface area (Å²) in [6.45, 7) is 4.09. The third kappa shape index (κ3) is 2.39. The van der Waals surface area contributed by atoms with E-state index in [-0.39, 0.29) is 0 Å². The molecule has 17 heavy (non-hydrogen) atoms. The van der Waals surface area contributed by atoms with Gasteiger partial charge in [-0.05, 0) is 18.9 Å². The summed E-state index contributed by atoms with van der Waals surface area (Å²) in [5.41, 5.74) is 3.97. The maximum atomic E-state index is 10.4. The molecule has 1 aromatic heterocycles. The number of hydrogen-bond donors (Lipinski definition) is 1. The Bertz CT molecular complexity index is 499. The molecule has 3 heteroatoms. The first-order valence-electron chi connectivity index (χ1n) is 5.89. The van der Waals surface area contributed by atoms with Gasteiger partial charge in [0.05, 0.1) is 5.69 Å². The second-order valence-electron chi connectivity index (χ2n) is 4.37. The zero-order chi connectivity index (χ0) is 12.4. The van der Waals surface area contributed by atoms with Crippen molar-refractivity contribution >= 4 is 0 Å². The standard InChI is InChI=1S/C14H18N2O/c1-4-13-12(9-16(3)15-13)14(17)11-7-5-10(2)6-8-11/h5-9,14,17H,4H2,1-3H3. The van der Waals surface area contributed by atoms with Crippen LogP contribution in [0.3, 0.4) is 0 Å². The lowest BCUT2D eigenvalue weighted by molar-refractivity contribution is 0.219. The number of nitrogens with zero attached hydrogens (tertiary/aromatic N) is 2. The number of hydrogen-bond acceptors (Lipinski definition) is 2. The van der Waals surface area contributed by atoms with Gasteiger partial charge in [-0.3, -0.25) is 4.68 Å². The molecule has 1 aromatic carbocycles. The molecule has 1 heterocycles. The molecule has 1 unspecified atom stereocenters. The fraction of sp³-hybridized carbons (Fsp3) is 0.357. The van der Waals surface area contributed by atoms with Crippen LogP contribution in [0.5, 0.6) is 0 Å². The highest BCUT2D eigenvalue weighted by Crippen LogP contribution is 2.24. The third-order valence-electron chi connectivity index (χ3n) is 2.96. The van der Waals surface area contributed by atoms with Crippen LogP contribution in [0.4, 0.5) is 0 Å². The maximum Gasteiger partial charge on any atom is 0.107 e. The molecule has 2 rings (SSSR count). The predicted molar refractivity (Wildman–Crippen MR) is 67.8 cm³/mol. The molecule has 0 saturated carbocycles. The van der Waals surface area contributed by atoms with E-state index >= 15 is 0 Å². The Morgan fingerprint density at radius 1 is 1.29 bits per heavy atom. The Labute approximate surface area is 102 Å². The molecule has 0 radical (unpaired) electrons. The SMILES string of the molecule is CCc1nn(C)cc1C(O)c1ccc(C)cc1. The fourth-order valence-electron chi connectivity index (χ4n) is 1.98. The van der Waals surface area contributed by atoms with Gasteiger partial charge in [0.2, 0.25) is 0 Å². The van der Waals surface area contributed by atoms with E-state index in [1.807, 2.05) is 51.4 Å². The van der Waals surface area contributed by atoms with Gasteiger partial charge in [-0.15, -0.1) is 0 Å². The van der Waals surface area contributed by atoms with Gasteiger partial charge in [-0.25, -0.2) is 0 Å². The lowest BCUT2D eigenvalue weighted by Crippen LogP contribution is -2.01. The average molecular weight is 230 g/mol. The zero-order valence-corrected chi connectivity index (χ0v) is 10.5. The van der Waals surface area contributed by atoms with Crippen LogP contribution in [0.1, 0.15) is 35.4 Å². The van der Waals surface area contributed by atoms with Gasteiger partial charge >= 0.3 is 0 Å². The highest BCUT2D eigenvalue weighted by molar-refractivity contribution is 5.32. The predicted octanol–water partition coefficient (Wildman–Crippen LogP) is 2.37. The van der Waals surface area contributed by atoms with Crippen molar-refractivity contribution in [1.82, 2.24) is 9.78 Å². The molecule has 0 aliphatic carbocycles. The van der Waals surface area contributed by atoms with Crippen LogP contribution in [-0.2, 0) is 13.5 Å². The molecule has 1 atom stereocenters. The molecule has 2 aromatic rings. The van der Waals surface area contributed by atoms with E-state index in [1.165, 1.54) is 5.56 Å². The van der Waals surface area contributed by atoms with Crippen molar-refractivity contribution in [2.75, 3.05) is 0 Å². The van der Waals surface area contributed by atoms with Crippen LogP contribution in [0.25, 0.3) is 0 Å². The third-order valence-corrected chi connectivity index (χ3v) is 2.96. The minimum atomic E-state index is -0.584. The minimum absolute atomic E-state index is 0.584. The van der Waals surface area contributed by atoms with Crippen molar-refractivity contribution in [2.45, 2.75) is 26.4 Å². The zero-order valence-electron chi connectivity index (χ0n) is 10.5. The number of aryl methyl sites for hydroxylation is 3. The molecule has 0 saturated heterocycles. The van der Waals surface area contributed by atoms with Gasteiger partial charge in [-0.1, -0.05) is 36.8 Å². The number of aromatic nitrogens is 2. The Kier molecular flexibility index (Phi) is 3.29. The topological polar surface area (TPSA) is 38.0 Å². The summed E-state index contributed by atoms with van der Waals surface area (Å²) >= 11 is 0. The highest BCUT2D eigenvalue weighted by atomic mass is 16.3. The molecule has 1 N–H and O–H groups in total. The van der Waals surface area contributed by atoms with E-state index in [0.29, 0.717) is 0 Å². The Morgan fingerprint density at radius 3 is 2.53 bits per heavy atom. The van der Waals surface area contributed by atoms with E-state index in [0.717, 1.165) is 23.2 Å². The molecule has 3 nitrogen and oxygen atoms in total. The summed E-state index contributed by atoms with van der Waals surface area (Å²) in [5.74, 6) is 0. The Hall–Kier alpha value is -1.61. The number of benzene rings is 1. The first kappa shape index (κ1) is 11.9. The normalized spacial score (nSPS) is 12.7. The second-order valence-corrected chi connectivity index (χ2v) is 4.37. The molecule has 0 bridgehead atoms. The lowest BCUT2D eigenvalue weighted by atomic mass is 10.0. The molecule has 0 fully saturated rings. The molecule has 0 aliphatic rings. The monoisotopic (exact) mass is 230 g/mol. The van der Waals surface area contributed by atoms with Gasteiger partial charge in [0.25, 0.3) is 0 Å². The van der Waals surface area contributed by atoms with Gasteiger partial charge in [-0.2, -0.15) is 5.10 Å². The van der Waals surface area contributed by atoms with Crippen molar-refractivity contribution in [2.24, 2.45) is 7.05 Å². The summed E-state index contributed by atoms with van der Waals surface area (Å²) in [6, 6.07) is 7.96. The lowest BCUT2D eigenvalue weighted by Gasteiger charge is -2.10. The molecular formula is C14H18N2O. The quantitative estimate of drug-likeness (QED) is 0.879. The van der Waals surface area contributed by atoms with Crippen LogP contribution in [-0.4, -0.2) is 14.9 Å². The number of aliphatic hydroxyl groups excluding tert-OH is 1. The van der Waals surface area contributed by atoms with Crippen LogP contribution < -0.4 is 0 Å². The Morgan fingerprint density at radius 2 is 1.94 bits per heavy atom. The summed E-state index contributed by atoms with van der Waals surface area (Å²) in [6.07, 6.45) is 2.14. The van der Waals surface area contributed by atoms with Crippen molar-refractivity contribution in [3.8, 4) is 0 Å². The van der Waals surface area contributed by atoms with E-state index in [1.54, 1.807) is 4.68 Å². The smallest absolute Gasteiger partial charge is 0.107 e. The molecule has 90 valence electrons. The molecule has 0 amide bonds. The van der Waals surface area contributed by atoms with Crippen LogP contribution in [0.15, 0.2) is 30.5 Å². The fourth-order valence-corrected chi connectivity index (χ4v) is 1.98. The highest BCUT2D eigenvalue weighted by Gasteiger charge is 2.16. The van der Waals surface area contributed by atoms with Gasteiger partial charge in [0, 0.05) is 18.8 Å². The molecule has 0 aliphatic heterocycles. The summed E-state index contributed by atoms with van der Waals surface area (Å²) < 4.78 is 1.76. The van der Waals surface area contributed by atoms with Crippen molar-refractivity contribution in [1.29, 1.82) is 0 Å². The Balaban J connectivity index is 2.35. The summed E-state index contributed by atoms with van der Waals surface area (Å²) in [7, 11) is 1.88.